The molecule has 2 rings (SSSR count). The van der Waals surface area contributed by atoms with E-state index in [1.807, 2.05) is 55.5 Å². The minimum Gasteiger partial charge on any atom is -0.399 e. The van der Waals surface area contributed by atoms with Gasteiger partial charge in [0.15, 0.2) is 0 Å². The molecule has 0 aliphatic carbocycles. The van der Waals surface area contributed by atoms with E-state index >= 15 is 0 Å². The molecule has 0 aromatic heterocycles. The van der Waals surface area contributed by atoms with Gasteiger partial charge < -0.3 is 11.1 Å². The lowest BCUT2D eigenvalue weighted by Gasteiger charge is -2.15. The summed E-state index contributed by atoms with van der Waals surface area (Å²) in [5.41, 5.74) is 9.39. The van der Waals surface area contributed by atoms with E-state index in [0.29, 0.717) is 5.69 Å². The van der Waals surface area contributed by atoms with Crippen LogP contribution in [0.2, 0.25) is 0 Å². The molecule has 2 aromatic rings. The van der Waals surface area contributed by atoms with Gasteiger partial charge in [-0.15, -0.1) is 0 Å². The topological polar surface area (TPSA) is 55.1 Å². The summed E-state index contributed by atoms with van der Waals surface area (Å²) in [6.07, 6.45) is 0.892. The number of carbonyl (C=O) groups is 1. The second-order valence-corrected chi connectivity index (χ2v) is 4.89. The fraction of sp³-hybridized carbons (Fsp3) is 0.235. The van der Waals surface area contributed by atoms with E-state index in [0.717, 1.165) is 23.2 Å². The van der Waals surface area contributed by atoms with Crippen LogP contribution in [0, 0.1) is 0 Å². The summed E-state index contributed by atoms with van der Waals surface area (Å²) in [6.45, 7) is 3.96. The van der Waals surface area contributed by atoms with Crippen LogP contribution in [0.15, 0.2) is 48.5 Å². The molecule has 20 heavy (non-hydrogen) atoms. The standard InChI is InChI=1S/C17H20N2O/c1-3-13-7-4-5-10-16(13)19-17(20)12(2)14-8-6-9-15(18)11-14/h4-12H,3,18H2,1-2H3,(H,19,20). The number of carbonyl (C=O) groups excluding carboxylic acids is 1. The summed E-state index contributed by atoms with van der Waals surface area (Å²) in [6, 6.07) is 15.3. The van der Waals surface area contributed by atoms with Gasteiger partial charge in [-0.1, -0.05) is 37.3 Å². The average Bonchev–Trinajstić information content (AvgIpc) is 2.47. The fourth-order valence-electron chi connectivity index (χ4n) is 2.17. The molecule has 2 aromatic carbocycles. The Hall–Kier alpha value is -2.29. The highest BCUT2D eigenvalue weighted by atomic mass is 16.1. The number of nitrogens with one attached hydrogen (secondary N) is 1. The molecular weight excluding hydrogens is 248 g/mol. The number of rotatable bonds is 4. The quantitative estimate of drug-likeness (QED) is 0.833. The van der Waals surface area contributed by atoms with E-state index in [9.17, 15) is 4.79 Å². The second kappa shape index (κ2) is 6.24. The van der Waals surface area contributed by atoms with Gasteiger partial charge in [0.05, 0.1) is 5.92 Å². The molecule has 3 N–H and O–H groups in total. The lowest BCUT2D eigenvalue weighted by Crippen LogP contribution is -2.19. The highest BCUT2D eigenvalue weighted by Gasteiger charge is 2.16. The third kappa shape index (κ3) is 3.18. The summed E-state index contributed by atoms with van der Waals surface area (Å²) in [4.78, 5) is 12.3. The number of aryl methyl sites for hydroxylation is 1. The van der Waals surface area contributed by atoms with Crippen LogP contribution < -0.4 is 11.1 Å². The molecule has 104 valence electrons. The SMILES string of the molecule is CCc1ccccc1NC(=O)C(C)c1cccc(N)c1. The first kappa shape index (κ1) is 14.1. The summed E-state index contributed by atoms with van der Waals surface area (Å²) in [5, 5.41) is 3.00. The molecule has 0 saturated carbocycles. The third-order valence-corrected chi connectivity index (χ3v) is 3.46. The lowest BCUT2D eigenvalue weighted by molar-refractivity contribution is -0.117. The normalized spacial score (nSPS) is 11.9. The highest BCUT2D eigenvalue weighted by molar-refractivity contribution is 5.96. The number of anilines is 2. The number of hydrogen-bond acceptors (Lipinski definition) is 2. The molecular formula is C17H20N2O. The van der Waals surface area contributed by atoms with Crippen molar-refractivity contribution >= 4 is 17.3 Å². The van der Waals surface area contributed by atoms with Gasteiger partial charge >= 0.3 is 0 Å². The van der Waals surface area contributed by atoms with Crippen molar-refractivity contribution in [3.63, 3.8) is 0 Å². The molecule has 1 atom stereocenters. The summed E-state index contributed by atoms with van der Waals surface area (Å²) in [5.74, 6) is -0.250. The molecule has 0 fully saturated rings. The molecule has 3 nitrogen and oxygen atoms in total. The number of nitrogen functional groups attached to an aromatic ring is 1. The molecule has 1 amide bonds. The van der Waals surface area contributed by atoms with Gasteiger partial charge in [0.1, 0.15) is 0 Å². The van der Waals surface area contributed by atoms with E-state index < -0.39 is 0 Å². The van der Waals surface area contributed by atoms with Crippen LogP contribution in [0.4, 0.5) is 11.4 Å². The van der Waals surface area contributed by atoms with Crippen LogP contribution in [-0.2, 0) is 11.2 Å². The Morgan fingerprint density at radius 3 is 2.65 bits per heavy atom. The second-order valence-electron chi connectivity index (χ2n) is 4.89. The maximum absolute atomic E-state index is 12.3. The van der Waals surface area contributed by atoms with Crippen molar-refractivity contribution in [2.75, 3.05) is 11.1 Å². The first-order valence-corrected chi connectivity index (χ1v) is 6.86. The van der Waals surface area contributed by atoms with Gasteiger partial charge in [0.2, 0.25) is 5.91 Å². The van der Waals surface area contributed by atoms with Gasteiger partial charge in [-0.05, 0) is 42.7 Å². The van der Waals surface area contributed by atoms with Gasteiger partial charge in [0, 0.05) is 11.4 Å². The molecule has 0 aliphatic rings. The number of hydrogen-bond donors (Lipinski definition) is 2. The van der Waals surface area contributed by atoms with Gasteiger partial charge in [-0.3, -0.25) is 4.79 Å². The first-order chi connectivity index (χ1) is 9.61. The zero-order valence-corrected chi connectivity index (χ0v) is 11.9. The van der Waals surface area contributed by atoms with Crippen molar-refractivity contribution in [1.29, 1.82) is 0 Å². The fourth-order valence-corrected chi connectivity index (χ4v) is 2.17. The minimum atomic E-state index is -0.233. The van der Waals surface area contributed by atoms with E-state index in [4.69, 9.17) is 5.73 Å². The van der Waals surface area contributed by atoms with Crippen molar-refractivity contribution in [2.45, 2.75) is 26.2 Å². The maximum atomic E-state index is 12.3. The zero-order valence-electron chi connectivity index (χ0n) is 11.9. The van der Waals surface area contributed by atoms with Crippen molar-refractivity contribution in [2.24, 2.45) is 0 Å². The Morgan fingerprint density at radius 1 is 1.20 bits per heavy atom. The van der Waals surface area contributed by atoms with E-state index in [-0.39, 0.29) is 11.8 Å². The summed E-state index contributed by atoms with van der Waals surface area (Å²) < 4.78 is 0. The molecule has 0 bridgehead atoms. The molecule has 0 aliphatic heterocycles. The molecule has 0 heterocycles. The average molecular weight is 268 g/mol. The monoisotopic (exact) mass is 268 g/mol. The van der Waals surface area contributed by atoms with E-state index in [1.165, 1.54) is 0 Å². The number of amides is 1. The van der Waals surface area contributed by atoms with E-state index in [2.05, 4.69) is 12.2 Å². The molecule has 0 saturated heterocycles. The van der Waals surface area contributed by atoms with Crippen LogP contribution in [0.3, 0.4) is 0 Å². The Balaban J connectivity index is 2.15. The molecule has 1 unspecified atom stereocenters. The Kier molecular flexibility index (Phi) is 4.41. The van der Waals surface area contributed by atoms with Crippen molar-refractivity contribution in [3.8, 4) is 0 Å². The van der Waals surface area contributed by atoms with Crippen molar-refractivity contribution in [3.05, 3.63) is 59.7 Å². The van der Waals surface area contributed by atoms with Crippen LogP contribution in [0.5, 0.6) is 0 Å². The van der Waals surface area contributed by atoms with Crippen LogP contribution in [0.25, 0.3) is 0 Å². The predicted molar refractivity (Wildman–Crippen MR) is 83.7 cm³/mol. The first-order valence-electron chi connectivity index (χ1n) is 6.86. The van der Waals surface area contributed by atoms with Gasteiger partial charge in [-0.2, -0.15) is 0 Å². The van der Waals surface area contributed by atoms with Gasteiger partial charge in [-0.25, -0.2) is 0 Å². The minimum absolute atomic E-state index is 0.0171. The molecule has 0 spiro atoms. The Labute approximate surface area is 119 Å². The largest absolute Gasteiger partial charge is 0.399 e. The lowest BCUT2D eigenvalue weighted by atomic mass is 9.99. The zero-order chi connectivity index (χ0) is 14.5. The number of benzene rings is 2. The predicted octanol–water partition coefficient (Wildman–Crippen LogP) is 3.57. The molecule has 3 heteroatoms. The van der Waals surface area contributed by atoms with E-state index in [1.54, 1.807) is 0 Å². The van der Waals surface area contributed by atoms with Crippen LogP contribution in [-0.4, -0.2) is 5.91 Å². The van der Waals surface area contributed by atoms with Gasteiger partial charge in [0.25, 0.3) is 0 Å². The summed E-state index contributed by atoms with van der Waals surface area (Å²) >= 11 is 0. The Morgan fingerprint density at radius 2 is 1.95 bits per heavy atom. The number of nitrogens with two attached hydrogens (primary N) is 1. The third-order valence-electron chi connectivity index (χ3n) is 3.46. The van der Waals surface area contributed by atoms with Crippen molar-refractivity contribution < 1.29 is 4.79 Å². The van der Waals surface area contributed by atoms with Crippen molar-refractivity contribution in [1.82, 2.24) is 0 Å². The summed E-state index contributed by atoms with van der Waals surface area (Å²) in [7, 11) is 0. The Bertz CT molecular complexity index is 607. The van der Waals surface area contributed by atoms with Crippen LogP contribution >= 0.6 is 0 Å². The maximum Gasteiger partial charge on any atom is 0.231 e. The smallest absolute Gasteiger partial charge is 0.231 e. The van der Waals surface area contributed by atoms with Crippen LogP contribution in [0.1, 0.15) is 30.9 Å². The number of para-hydroxylation sites is 1. The highest BCUT2D eigenvalue weighted by Crippen LogP contribution is 2.21. The molecule has 0 radical (unpaired) electrons.